The maximum absolute atomic E-state index is 13.6. The van der Waals surface area contributed by atoms with Gasteiger partial charge in [-0.3, -0.25) is 4.79 Å². The molecule has 0 saturated carbocycles. The highest BCUT2D eigenvalue weighted by Crippen LogP contribution is 2.27. The van der Waals surface area contributed by atoms with Gasteiger partial charge in [-0.05, 0) is 48.4 Å². The lowest BCUT2D eigenvalue weighted by molar-refractivity contribution is -0.121. The third kappa shape index (κ3) is 5.61. The lowest BCUT2D eigenvalue weighted by Gasteiger charge is -2.22. The Morgan fingerprint density at radius 2 is 1.76 bits per heavy atom. The number of aryl methyl sites for hydroxylation is 1. The number of amides is 1. The molecule has 0 radical (unpaired) electrons. The number of methoxy groups -OCH3 is 1. The van der Waals surface area contributed by atoms with Gasteiger partial charge in [-0.15, -0.1) is 11.3 Å². The Bertz CT molecular complexity index is 1380. The van der Waals surface area contributed by atoms with Crippen molar-refractivity contribution < 1.29 is 17.9 Å². The van der Waals surface area contributed by atoms with Crippen molar-refractivity contribution in [3.8, 4) is 5.75 Å². The summed E-state index contributed by atoms with van der Waals surface area (Å²) in [5.74, 6) is 0.341. The number of fused-ring (bicyclic) bond motifs is 1. The molecule has 7 nitrogen and oxygen atoms in total. The fourth-order valence-corrected chi connectivity index (χ4v) is 5.85. The predicted octanol–water partition coefficient (Wildman–Crippen LogP) is 4.12. The van der Waals surface area contributed by atoms with E-state index >= 15 is 0 Å². The number of hydrogen-bond donors (Lipinski definition) is 1. The van der Waals surface area contributed by atoms with E-state index in [0.717, 1.165) is 32.1 Å². The number of nitrogens with one attached hydrogen (secondary N) is 1. The van der Waals surface area contributed by atoms with Gasteiger partial charge in [-0.25, -0.2) is 13.4 Å². The van der Waals surface area contributed by atoms with E-state index in [1.807, 2.05) is 61.5 Å². The first-order valence-electron chi connectivity index (χ1n) is 10.7. The zero-order valence-electron chi connectivity index (χ0n) is 18.9. The largest absolute Gasteiger partial charge is 0.497 e. The maximum Gasteiger partial charge on any atom is 0.243 e. The molecule has 0 spiro atoms. The molecule has 1 aromatic heterocycles. The van der Waals surface area contributed by atoms with Crippen molar-refractivity contribution in [2.45, 2.75) is 24.9 Å². The fourth-order valence-electron chi connectivity index (χ4n) is 3.50. The fraction of sp³-hybridized carbons (Fsp3) is 0.200. The van der Waals surface area contributed by atoms with E-state index in [1.165, 1.54) is 15.6 Å². The van der Waals surface area contributed by atoms with Crippen LogP contribution in [0.1, 0.15) is 16.1 Å². The second-order valence-electron chi connectivity index (χ2n) is 7.75. The molecular weight excluding hydrogens is 470 g/mol. The van der Waals surface area contributed by atoms with Crippen LogP contribution in [0.15, 0.2) is 77.7 Å². The zero-order chi connectivity index (χ0) is 24.1. The van der Waals surface area contributed by atoms with E-state index in [1.54, 1.807) is 25.3 Å². The number of nitrogens with zero attached hydrogens (tertiary/aromatic N) is 2. The first-order chi connectivity index (χ1) is 16.3. The standard InChI is InChI=1S/C25H25N3O4S2/c1-18-27-23-13-12-22(14-24(23)33-18)34(30,31)28(16-20-6-4-3-5-7-20)17-25(29)26-15-19-8-10-21(32-2)11-9-19/h3-14H,15-17H2,1-2H3,(H,26,29). The van der Waals surface area contributed by atoms with Gasteiger partial charge < -0.3 is 10.1 Å². The summed E-state index contributed by atoms with van der Waals surface area (Å²) in [6, 6.07) is 21.4. The van der Waals surface area contributed by atoms with E-state index in [4.69, 9.17) is 4.74 Å². The lowest BCUT2D eigenvalue weighted by Crippen LogP contribution is -2.40. The number of ether oxygens (including phenoxy) is 1. The Balaban J connectivity index is 1.55. The van der Waals surface area contributed by atoms with Crippen molar-refractivity contribution in [1.29, 1.82) is 0 Å². The number of rotatable bonds is 9. The summed E-state index contributed by atoms with van der Waals surface area (Å²) in [6.07, 6.45) is 0. The monoisotopic (exact) mass is 495 g/mol. The van der Waals surface area contributed by atoms with Crippen LogP contribution in [0, 0.1) is 6.92 Å². The summed E-state index contributed by atoms with van der Waals surface area (Å²) in [5.41, 5.74) is 2.44. The van der Waals surface area contributed by atoms with Crippen molar-refractivity contribution >= 4 is 37.5 Å². The molecule has 0 saturated heterocycles. The van der Waals surface area contributed by atoms with Crippen molar-refractivity contribution in [1.82, 2.24) is 14.6 Å². The smallest absolute Gasteiger partial charge is 0.243 e. The minimum absolute atomic E-state index is 0.0822. The number of sulfonamides is 1. The van der Waals surface area contributed by atoms with E-state index < -0.39 is 10.0 Å². The Morgan fingerprint density at radius 1 is 1.03 bits per heavy atom. The minimum Gasteiger partial charge on any atom is -0.497 e. The topological polar surface area (TPSA) is 88.6 Å². The van der Waals surface area contributed by atoms with Crippen LogP contribution in [0.3, 0.4) is 0 Å². The molecule has 0 bridgehead atoms. The van der Waals surface area contributed by atoms with E-state index in [2.05, 4.69) is 10.3 Å². The molecule has 4 aromatic rings. The van der Waals surface area contributed by atoms with Crippen molar-refractivity contribution in [2.75, 3.05) is 13.7 Å². The number of carbonyl (C=O) groups is 1. The van der Waals surface area contributed by atoms with Gasteiger partial charge in [0.1, 0.15) is 5.75 Å². The van der Waals surface area contributed by atoms with Gasteiger partial charge >= 0.3 is 0 Å². The van der Waals surface area contributed by atoms with Gasteiger partial charge in [-0.1, -0.05) is 42.5 Å². The van der Waals surface area contributed by atoms with Gasteiger partial charge in [0.15, 0.2) is 0 Å². The predicted molar refractivity (Wildman–Crippen MR) is 133 cm³/mol. The molecule has 0 aliphatic carbocycles. The van der Waals surface area contributed by atoms with Crippen molar-refractivity contribution in [2.24, 2.45) is 0 Å². The second kappa shape index (κ2) is 10.3. The summed E-state index contributed by atoms with van der Waals surface area (Å²) in [5, 5.41) is 3.68. The summed E-state index contributed by atoms with van der Waals surface area (Å²) in [6.45, 7) is 1.95. The van der Waals surface area contributed by atoms with Crippen molar-refractivity contribution in [3.05, 3.63) is 88.9 Å². The zero-order valence-corrected chi connectivity index (χ0v) is 20.5. The number of thiazole rings is 1. The Morgan fingerprint density at radius 3 is 2.47 bits per heavy atom. The van der Waals surface area contributed by atoms with Crippen LogP contribution in [-0.2, 0) is 27.9 Å². The number of benzene rings is 3. The van der Waals surface area contributed by atoms with Crippen LogP contribution in [0.25, 0.3) is 10.2 Å². The molecule has 1 amide bonds. The van der Waals surface area contributed by atoms with Crippen LogP contribution in [0.2, 0.25) is 0 Å². The van der Waals surface area contributed by atoms with Crippen LogP contribution in [-0.4, -0.2) is 37.3 Å². The van der Waals surface area contributed by atoms with E-state index in [9.17, 15) is 13.2 Å². The highest BCUT2D eigenvalue weighted by molar-refractivity contribution is 7.89. The summed E-state index contributed by atoms with van der Waals surface area (Å²) in [4.78, 5) is 17.3. The second-order valence-corrected chi connectivity index (χ2v) is 10.9. The average molecular weight is 496 g/mol. The highest BCUT2D eigenvalue weighted by atomic mass is 32.2. The quantitative estimate of drug-likeness (QED) is 0.377. The van der Waals surface area contributed by atoms with Gasteiger partial charge in [0.2, 0.25) is 15.9 Å². The van der Waals surface area contributed by atoms with E-state index in [0.29, 0.717) is 0 Å². The molecule has 0 aliphatic rings. The number of hydrogen-bond acceptors (Lipinski definition) is 6. The molecule has 3 aromatic carbocycles. The van der Waals surface area contributed by atoms with Crippen LogP contribution >= 0.6 is 11.3 Å². The van der Waals surface area contributed by atoms with Gasteiger partial charge in [0, 0.05) is 13.1 Å². The molecule has 34 heavy (non-hydrogen) atoms. The molecule has 9 heteroatoms. The Hall–Kier alpha value is -3.27. The number of carbonyl (C=O) groups excluding carboxylic acids is 1. The molecule has 176 valence electrons. The minimum atomic E-state index is -3.93. The summed E-state index contributed by atoms with van der Waals surface area (Å²) in [7, 11) is -2.34. The van der Waals surface area contributed by atoms with E-state index in [-0.39, 0.29) is 30.4 Å². The van der Waals surface area contributed by atoms with Gasteiger partial charge in [0.05, 0.1) is 33.8 Å². The summed E-state index contributed by atoms with van der Waals surface area (Å²) < 4.78 is 34.3. The molecule has 0 aliphatic heterocycles. The molecule has 1 heterocycles. The third-order valence-corrected chi connectivity index (χ3v) is 8.00. The summed E-state index contributed by atoms with van der Waals surface area (Å²) >= 11 is 1.44. The molecule has 0 unspecified atom stereocenters. The van der Waals surface area contributed by atoms with Crippen LogP contribution < -0.4 is 10.1 Å². The number of aromatic nitrogens is 1. The molecule has 0 atom stereocenters. The van der Waals surface area contributed by atoms with Crippen molar-refractivity contribution in [3.63, 3.8) is 0 Å². The van der Waals surface area contributed by atoms with Crippen LogP contribution in [0.5, 0.6) is 5.75 Å². The molecule has 1 N–H and O–H groups in total. The third-order valence-electron chi connectivity index (χ3n) is 5.28. The SMILES string of the molecule is COc1ccc(CNC(=O)CN(Cc2ccccc2)S(=O)(=O)c2ccc3nc(C)sc3c2)cc1. The maximum atomic E-state index is 13.6. The Kier molecular flexibility index (Phi) is 7.26. The molecular formula is C25H25N3O4S2. The van der Waals surface area contributed by atoms with Gasteiger partial charge in [-0.2, -0.15) is 4.31 Å². The normalized spacial score (nSPS) is 11.6. The lowest BCUT2D eigenvalue weighted by atomic mass is 10.2. The first kappa shape index (κ1) is 23.9. The van der Waals surface area contributed by atoms with Gasteiger partial charge in [0.25, 0.3) is 0 Å². The molecule has 0 fully saturated rings. The first-order valence-corrected chi connectivity index (χ1v) is 12.9. The Labute approximate surface area is 203 Å². The van der Waals surface area contributed by atoms with Crippen LogP contribution in [0.4, 0.5) is 0 Å². The average Bonchev–Trinajstić information content (AvgIpc) is 3.22. The highest BCUT2D eigenvalue weighted by Gasteiger charge is 2.27. The molecule has 4 rings (SSSR count).